The van der Waals surface area contributed by atoms with E-state index in [2.05, 4.69) is 32.9 Å². The summed E-state index contributed by atoms with van der Waals surface area (Å²) >= 11 is 0. The van der Waals surface area contributed by atoms with Gasteiger partial charge in [0, 0.05) is 6.42 Å². The van der Waals surface area contributed by atoms with Crippen LogP contribution in [0.4, 0.5) is 4.79 Å². The van der Waals surface area contributed by atoms with E-state index in [1.807, 2.05) is 32.0 Å². The zero-order chi connectivity index (χ0) is 23.4. The summed E-state index contributed by atoms with van der Waals surface area (Å²) in [6, 6.07) is 10.1. The molecule has 0 unspecified atom stereocenters. The molecule has 32 heavy (non-hydrogen) atoms. The first kappa shape index (κ1) is 25.0. The normalized spacial score (nSPS) is 25.8. The lowest BCUT2D eigenvalue weighted by molar-refractivity contribution is -0.135. The third kappa shape index (κ3) is 5.66. The third-order valence-corrected chi connectivity index (χ3v) is 7.85. The van der Waals surface area contributed by atoms with Crippen LogP contribution in [0, 0.1) is 11.8 Å². The molecule has 1 N–H and O–H groups in total. The molecule has 2 fully saturated rings. The van der Waals surface area contributed by atoms with Crippen molar-refractivity contribution in [2.75, 3.05) is 0 Å². The van der Waals surface area contributed by atoms with Crippen LogP contribution in [0.3, 0.4) is 0 Å². The van der Waals surface area contributed by atoms with Crippen molar-refractivity contribution in [1.29, 1.82) is 0 Å². The number of benzene rings is 1. The third-order valence-electron chi connectivity index (χ3n) is 7.85. The Bertz CT molecular complexity index is 728. The SMILES string of the molecule is CC[C@@](C[C@@H]1OC(C)(C)N(C(=O)O)[C@H]1CC1CCCCC1)(OCc1ccccc1)C(C)C. The minimum Gasteiger partial charge on any atom is -0.465 e. The van der Waals surface area contributed by atoms with E-state index in [4.69, 9.17) is 9.47 Å². The summed E-state index contributed by atoms with van der Waals surface area (Å²) in [7, 11) is 0. The summed E-state index contributed by atoms with van der Waals surface area (Å²) in [4.78, 5) is 13.9. The monoisotopic (exact) mass is 445 g/mol. The quantitative estimate of drug-likeness (QED) is 0.451. The van der Waals surface area contributed by atoms with E-state index in [0.29, 0.717) is 18.9 Å². The van der Waals surface area contributed by atoms with Gasteiger partial charge in [0.05, 0.1) is 24.4 Å². The second-order valence-electron chi connectivity index (χ2n) is 10.6. The Morgan fingerprint density at radius 2 is 1.88 bits per heavy atom. The van der Waals surface area contributed by atoms with E-state index in [1.165, 1.54) is 32.1 Å². The fourth-order valence-corrected chi connectivity index (χ4v) is 5.90. The molecule has 0 bridgehead atoms. The molecule has 5 heteroatoms. The number of hydrogen-bond acceptors (Lipinski definition) is 3. The molecule has 1 aliphatic carbocycles. The smallest absolute Gasteiger partial charge is 0.409 e. The van der Waals surface area contributed by atoms with Gasteiger partial charge in [-0.25, -0.2) is 4.79 Å². The molecule has 1 amide bonds. The van der Waals surface area contributed by atoms with Gasteiger partial charge in [0.25, 0.3) is 0 Å². The Balaban J connectivity index is 1.83. The van der Waals surface area contributed by atoms with Gasteiger partial charge in [-0.2, -0.15) is 0 Å². The van der Waals surface area contributed by atoms with Gasteiger partial charge in [-0.3, -0.25) is 4.90 Å². The van der Waals surface area contributed by atoms with Crippen molar-refractivity contribution in [1.82, 2.24) is 4.90 Å². The number of ether oxygens (including phenoxy) is 2. The number of carbonyl (C=O) groups is 1. The Labute approximate surface area is 194 Å². The molecule has 5 nitrogen and oxygen atoms in total. The number of carboxylic acid groups (broad SMARTS) is 1. The fraction of sp³-hybridized carbons (Fsp3) is 0.741. The lowest BCUT2D eigenvalue weighted by Crippen LogP contribution is -2.49. The van der Waals surface area contributed by atoms with Gasteiger partial charge in [0.2, 0.25) is 0 Å². The molecule has 1 saturated carbocycles. The highest BCUT2D eigenvalue weighted by molar-refractivity contribution is 5.67. The summed E-state index contributed by atoms with van der Waals surface area (Å²) < 4.78 is 13.1. The highest BCUT2D eigenvalue weighted by Gasteiger charge is 2.53. The second-order valence-corrected chi connectivity index (χ2v) is 10.6. The van der Waals surface area contributed by atoms with E-state index in [0.717, 1.165) is 18.4 Å². The van der Waals surface area contributed by atoms with Crippen molar-refractivity contribution in [2.24, 2.45) is 11.8 Å². The van der Waals surface area contributed by atoms with Crippen molar-refractivity contribution < 1.29 is 19.4 Å². The Kier molecular flexibility index (Phi) is 8.26. The Morgan fingerprint density at radius 3 is 2.44 bits per heavy atom. The number of amides is 1. The zero-order valence-corrected chi connectivity index (χ0v) is 20.7. The summed E-state index contributed by atoms with van der Waals surface area (Å²) in [6.07, 6.45) is 7.62. The molecular formula is C27H43NO4. The minimum absolute atomic E-state index is 0.129. The van der Waals surface area contributed by atoms with Crippen LogP contribution in [-0.2, 0) is 16.1 Å². The first-order chi connectivity index (χ1) is 15.2. The van der Waals surface area contributed by atoms with Crippen molar-refractivity contribution in [3.63, 3.8) is 0 Å². The predicted octanol–water partition coefficient (Wildman–Crippen LogP) is 6.85. The topological polar surface area (TPSA) is 59.0 Å². The molecule has 0 spiro atoms. The van der Waals surface area contributed by atoms with E-state index < -0.39 is 11.8 Å². The lowest BCUT2D eigenvalue weighted by atomic mass is 9.78. The lowest BCUT2D eigenvalue weighted by Gasteiger charge is -2.40. The van der Waals surface area contributed by atoms with E-state index >= 15 is 0 Å². The standard InChI is InChI=1S/C27H43NO4/c1-6-27(20(2)3,31-19-22-15-11-8-12-16-22)18-24-23(17-21-13-9-7-10-14-21)28(25(29)30)26(4,5)32-24/h8,11-12,15-16,20-21,23-24H,6-7,9-10,13-14,17-19H2,1-5H3,(H,29,30)/t23-,24-,27-/m0/s1. The molecule has 1 saturated heterocycles. The Hall–Kier alpha value is -1.59. The maximum atomic E-state index is 12.3. The predicted molar refractivity (Wildman–Crippen MR) is 128 cm³/mol. The van der Waals surface area contributed by atoms with E-state index in [9.17, 15) is 9.90 Å². The number of hydrogen-bond donors (Lipinski definition) is 1. The molecule has 180 valence electrons. The van der Waals surface area contributed by atoms with Crippen LogP contribution in [0.25, 0.3) is 0 Å². The molecule has 3 rings (SSSR count). The van der Waals surface area contributed by atoms with Gasteiger partial charge >= 0.3 is 6.09 Å². The molecule has 0 radical (unpaired) electrons. The highest BCUT2D eigenvalue weighted by atomic mass is 16.6. The average molecular weight is 446 g/mol. The summed E-state index contributed by atoms with van der Waals surface area (Å²) in [5.74, 6) is 0.869. The first-order valence-electron chi connectivity index (χ1n) is 12.6. The van der Waals surface area contributed by atoms with Crippen LogP contribution in [0.1, 0.15) is 91.5 Å². The average Bonchev–Trinajstić information content (AvgIpc) is 3.01. The van der Waals surface area contributed by atoms with Crippen molar-refractivity contribution >= 4 is 6.09 Å². The summed E-state index contributed by atoms with van der Waals surface area (Å²) in [6.45, 7) is 10.9. The molecule has 1 aromatic rings. The van der Waals surface area contributed by atoms with Crippen molar-refractivity contribution in [3.8, 4) is 0 Å². The minimum atomic E-state index is -0.879. The van der Waals surface area contributed by atoms with Crippen LogP contribution in [0.5, 0.6) is 0 Å². The molecule has 1 aliphatic heterocycles. The first-order valence-corrected chi connectivity index (χ1v) is 12.6. The maximum Gasteiger partial charge on any atom is 0.409 e. The van der Waals surface area contributed by atoms with Gasteiger partial charge in [0.15, 0.2) is 0 Å². The van der Waals surface area contributed by atoms with Gasteiger partial charge in [-0.1, -0.05) is 83.2 Å². The highest BCUT2D eigenvalue weighted by Crippen LogP contribution is 2.43. The number of rotatable bonds is 9. The Morgan fingerprint density at radius 1 is 1.22 bits per heavy atom. The summed E-state index contributed by atoms with van der Waals surface area (Å²) in [5, 5.41) is 10.1. The molecule has 3 atom stereocenters. The van der Waals surface area contributed by atoms with Gasteiger partial charge in [0.1, 0.15) is 5.72 Å². The van der Waals surface area contributed by atoms with Gasteiger partial charge < -0.3 is 14.6 Å². The summed E-state index contributed by atoms with van der Waals surface area (Å²) in [5.41, 5.74) is -0.0358. The van der Waals surface area contributed by atoms with Gasteiger partial charge in [-0.15, -0.1) is 0 Å². The van der Waals surface area contributed by atoms with Crippen LogP contribution >= 0.6 is 0 Å². The fourth-order valence-electron chi connectivity index (χ4n) is 5.90. The molecule has 2 aliphatic rings. The number of nitrogens with zero attached hydrogens (tertiary/aromatic N) is 1. The molecule has 0 aromatic heterocycles. The van der Waals surface area contributed by atoms with Crippen LogP contribution < -0.4 is 0 Å². The van der Waals surface area contributed by atoms with Gasteiger partial charge in [-0.05, 0) is 44.1 Å². The zero-order valence-electron chi connectivity index (χ0n) is 20.7. The van der Waals surface area contributed by atoms with E-state index in [1.54, 1.807) is 4.90 Å². The molecule has 1 aromatic carbocycles. The van der Waals surface area contributed by atoms with E-state index in [-0.39, 0.29) is 23.7 Å². The van der Waals surface area contributed by atoms with Crippen molar-refractivity contribution in [2.45, 2.75) is 116 Å². The second kappa shape index (κ2) is 10.6. The van der Waals surface area contributed by atoms with Crippen LogP contribution in [0.2, 0.25) is 0 Å². The largest absolute Gasteiger partial charge is 0.465 e. The molecule has 1 heterocycles. The molecular weight excluding hydrogens is 402 g/mol. The van der Waals surface area contributed by atoms with Crippen molar-refractivity contribution in [3.05, 3.63) is 35.9 Å². The van der Waals surface area contributed by atoms with Crippen LogP contribution in [-0.4, -0.2) is 39.6 Å². The maximum absolute atomic E-state index is 12.3. The van der Waals surface area contributed by atoms with Crippen LogP contribution in [0.15, 0.2) is 30.3 Å².